The monoisotopic (exact) mass is 272 g/mol. The van der Waals surface area contributed by atoms with Gasteiger partial charge in [-0.15, -0.1) is 0 Å². The zero-order valence-corrected chi connectivity index (χ0v) is 9.70. The van der Waals surface area contributed by atoms with Gasteiger partial charge in [-0.1, -0.05) is 0 Å². The van der Waals surface area contributed by atoms with Crippen LogP contribution in [0.3, 0.4) is 0 Å². The highest BCUT2D eigenvalue weighted by atomic mass is 19.4. The molecule has 1 aromatic heterocycles. The fraction of sp³-hybridized carbons (Fsp3) is 0.167. The highest BCUT2D eigenvalue weighted by Gasteiger charge is 2.34. The van der Waals surface area contributed by atoms with Crippen LogP contribution in [0, 0.1) is 5.82 Å². The van der Waals surface area contributed by atoms with Crippen molar-refractivity contribution in [3.8, 4) is 11.3 Å². The van der Waals surface area contributed by atoms with E-state index in [0.717, 1.165) is 22.9 Å². The number of benzene rings is 1. The van der Waals surface area contributed by atoms with Gasteiger partial charge in [0.15, 0.2) is 0 Å². The zero-order chi connectivity index (χ0) is 14.2. The average molecular weight is 272 g/mol. The van der Waals surface area contributed by atoms with Crippen LogP contribution in [0.25, 0.3) is 11.3 Å². The van der Waals surface area contributed by atoms with Crippen molar-refractivity contribution in [2.45, 2.75) is 6.18 Å². The molecule has 0 bridgehead atoms. The molecule has 2 rings (SSSR count). The second-order valence-electron chi connectivity index (χ2n) is 3.87. The Bertz CT molecular complexity index is 676. The molecule has 2 aromatic rings. The Balaban J connectivity index is 2.68. The van der Waals surface area contributed by atoms with E-state index in [1.165, 1.54) is 13.1 Å². The van der Waals surface area contributed by atoms with Gasteiger partial charge in [0.1, 0.15) is 5.82 Å². The van der Waals surface area contributed by atoms with Gasteiger partial charge in [-0.3, -0.25) is 4.79 Å². The van der Waals surface area contributed by atoms with E-state index in [-0.39, 0.29) is 11.3 Å². The minimum Gasteiger partial charge on any atom is -0.268 e. The summed E-state index contributed by atoms with van der Waals surface area (Å²) in [7, 11) is 1.32. The van der Waals surface area contributed by atoms with Crippen molar-refractivity contribution in [3.63, 3.8) is 0 Å². The zero-order valence-electron chi connectivity index (χ0n) is 9.70. The van der Waals surface area contributed by atoms with Crippen molar-refractivity contribution in [2.75, 3.05) is 0 Å². The summed E-state index contributed by atoms with van der Waals surface area (Å²) in [6.07, 6.45) is -4.70. The molecule has 0 aliphatic rings. The molecule has 1 heterocycles. The first-order chi connectivity index (χ1) is 8.79. The van der Waals surface area contributed by atoms with Gasteiger partial charge in [0.25, 0.3) is 5.56 Å². The van der Waals surface area contributed by atoms with Gasteiger partial charge >= 0.3 is 6.18 Å². The van der Waals surface area contributed by atoms with E-state index < -0.39 is 23.1 Å². The molecule has 0 saturated carbocycles. The van der Waals surface area contributed by atoms with Crippen LogP contribution in [-0.2, 0) is 13.2 Å². The lowest BCUT2D eigenvalue weighted by Crippen LogP contribution is -2.19. The molecule has 0 aliphatic heterocycles. The van der Waals surface area contributed by atoms with E-state index in [2.05, 4.69) is 5.10 Å². The molecule has 0 aliphatic carbocycles. The quantitative estimate of drug-likeness (QED) is 0.748. The van der Waals surface area contributed by atoms with Crippen molar-refractivity contribution in [1.29, 1.82) is 0 Å². The number of alkyl halides is 3. The van der Waals surface area contributed by atoms with Gasteiger partial charge in [0.2, 0.25) is 0 Å². The number of hydrogen-bond donors (Lipinski definition) is 0. The summed E-state index contributed by atoms with van der Waals surface area (Å²) in [5, 5.41) is 3.73. The molecular formula is C12H8F4N2O. The Morgan fingerprint density at radius 2 is 1.84 bits per heavy atom. The topological polar surface area (TPSA) is 34.9 Å². The number of aryl methyl sites for hydroxylation is 1. The fourth-order valence-electron chi connectivity index (χ4n) is 1.62. The van der Waals surface area contributed by atoms with Gasteiger partial charge in [-0.05, 0) is 24.3 Å². The van der Waals surface area contributed by atoms with E-state index >= 15 is 0 Å². The van der Waals surface area contributed by atoms with Crippen LogP contribution in [0.1, 0.15) is 5.56 Å². The van der Waals surface area contributed by atoms with E-state index in [4.69, 9.17) is 0 Å². The number of hydrogen-bond acceptors (Lipinski definition) is 2. The summed E-state index contributed by atoms with van der Waals surface area (Å²) < 4.78 is 52.4. The van der Waals surface area contributed by atoms with E-state index in [9.17, 15) is 22.4 Å². The lowest BCUT2D eigenvalue weighted by Gasteiger charge is -2.12. The van der Waals surface area contributed by atoms with Crippen LogP contribution in [0.4, 0.5) is 17.6 Å². The lowest BCUT2D eigenvalue weighted by atomic mass is 10.0. The molecule has 0 N–H and O–H groups in total. The van der Waals surface area contributed by atoms with Crippen LogP contribution in [0.5, 0.6) is 0 Å². The Morgan fingerprint density at radius 1 is 1.16 bits per heavy atom. The molecule has 7 heteroatoms. The van der Waals surface area contributed by atoms with Crippen LogP contribution in [0.2, 0.25) is 0 Å². The summed E-state index contributed by atoms with van der Waals surface area (Å²) in [5.41, 5.74) is -1.89. The normalized spacial score (nSPS) is 11.6. The maximum Gasteiger partial charge on any atom is 0.417 e. The molecule has 0 amide bonds. The average Bonchev–Trinajstić information content (AvgIpc) is 2.32. The number of nitrogens with zero attached hydrogens (tertiary/aromatic N) is 2. The number of halogens is 4. The molecule has 3 nitrogen and oxygen atoms in total. The third-order valence-electron chi connectivity index (χ3n) is 2.52. The second-order valence-corrected chi connectivity index (χ2v) is 3.87. The van der Waals surface area contributed by atoms with E-state index in [1.807, 2.05) is 0 Å². The second kappa shape index (κ2) is 4.49. The Labute approximate surface area is 105 Å². The summed E-state index contributed by atoms with van der Waals surface area (Å²) in [6.45, 7) is 0. The van der Waals surface area contributed by atoms with Crippen molar-refractivity contribution in [2.24, 2.45) is 7.05 Å². The molecule has 0 saturated heterocycles. The lowest BCUT2D eigenvalue weighted by molar-refractivity contribution is -0.137. The number of rotatable bonds is 1. The largest absolute Gasteiger partial charge is 0.417 e. The smallest absolute Gasteiger partial charge is 0.268 e. The maximum absolute atomic E-state index is 13.0. The maximum atomic E-state index is 13.0. The van der Waals surface area contributed by atoms with Crippen LogP contribution >= 0.6 is 0 Å². The summed E-state index contributed by atoms with van der Waals surface area (Å²) in [4.78, 5) is 11.2. The van der Waals surface area contributed by atoms with Crippen LogP contribution < -0.4 is 5.56 Å². The van der Waals surface area contributed by atoms with Gasteiger partial charge in [-0.2, -0.15) is 18.3 Å². The first-order valence-corrected chi connectivity index (χ1v) is 5.20. The minimum absolute atomic E-state index is 0.0468. The van der Waals surface area contributed by atoms with Crippen LogP contribution in [0.15, 0.2) is 35.1 Å². The number of aromatic nitrogens is 2. The minimum atomic E-state index is -4.70. The summed E-state index contributed by atoms with van der Waals surface area (Å²) >= 11 is 0. The SMILES string of the molecule is Cn1nc(-c2ccc(F)cc2C(F)(F)F)ccc1=O. The molecule has 0 radical (unpaired) electrons. The third kappa shape index (κ3) is 2.64. The van der Waals surface area contributed by atoms with Gasteiger partial charge in [-0.25, -0.2) is 9.07 Å². The first kappa shape index (κ1) is 13.3. The van der Waals surface area contributed by atoms with Gasteiger partial charge in [0.05, 0.1) is 11.3 Å². The predicted molar refractivity (Wildman–Crippen MR) is 59.9 cm³/mol. The molecule has 0 fully saturated rings. The highest BCUT2D eigenvalue weighted by molar-refractivity contribution is 5.64. The fourth-order valence-corrected chi connectivity index (χ4v) is 1.62. The van der Waals surface area contributed by atoms with E-state index in [0.29, 0.717) is 6.07 Å². The molecule has 19 heavy (non-hydrogen) atoms. The Hall–Kier alpha value is -2.18. The Morgan fingerprint density at radius 3 is 2.42 bits per heavy atom. The van der Waals surface area contributed by atoms with Crippen molar-refractivity contribution < 1.29 is 17.6 Å². The van der Waals surface area contributed by atoms with E-state index in [1.54, 1.807) is 0 Å². The van der Waals surface area contributed by atoms with Gasteiger partial charge in [0, 0.05) is 18.7 Å². The van der Waals surface area contributed by atoms with Gasteiger partial charge < -0.3 is 0 Å². The summed E-state index contributed by atoms with van der Waals surface area (Å²) in [6, 6.07) is 4.58. The Kier molecular flexibility index (Phi) is 3.13. The van der Waals surface area contributed by atoms with Crippen LogP contribution in [-0.4, -0.2) is 9.78 Å². The molecule has 1 aromatic carbocycles. The van der Waals surface area contributed by atoms with Crippen molar-refractivity contribution in [3.05, 3.63) is 52.1 Å². The molecular weight excluding hydrogens is 264 g/mol. The molecule has 0 unspecified atom stereocenters. The molecule has 0 spiro atoms. The third-order valence-corrected chi connectivity index (χ3v) is 2.52. The standard InChI is InChI=1S/C12H8F4N2O/c1-18-11(19)5-4-10(17-18)8-3-2-7(13)6-9(8)12(14,15)16/h2-6H,1H3. The molecule has 100 valence electrons. The van der Waals surface area contributed by atoms with Crippen molar-refractivity contribution >= 4 is 0 Å². The molecule has 0 atom stereocenters. The summed E-state index contributed by atoms with van der Waals surface area (Å²) in [5.74, 6) is -0.985. The predicted octanol–water partition coefficient (Wildman–Crippen LogP) is 2.61. The highest BCUT2D eigenvalue weighted by Crippen LogP contribution is 2.36. The van der Waals surface area contributed by atoms with Crippen molar-refractivity contribution in [1.82, 2.24) is 9.78 Å². The first-order valence-electron chi connectivity index (χ1n) is 5.20.